The number of aromatic nitrogens is 4. The molecule has 0 atom stereocenters. The average molecular weight is 602 g/mol. The molecule has 0 fully saturated rings. The topological polar surface area (TPSA) is 121 Å². The highest BCUT2D eigenvalue weighted by Crippen LogP contribution is 2.34. The number of carbonyl (C=O) groups excluding carboxylic acids is 1. The van der Waals surface area contributed by atoms with Crippen molar-refractivity contribution in [3.05, 3.63) is 89.2 Å². The Bertz CT molecular complexity index is 1810. The molecule has 43 heavy (non-hydrogen) atoms. The van der Waals surface area contributed by atoms with Crippen molar-refractivity contribution in [3.63, 3.8) is 0 Å². The van der Waals surface area contributed by atoms with E-state index in [-0.39, 0.29) is 17.4 Å². The Kier molecular flexibility index (Phi) is 8.77. The summed E-state index contributed by atoms with van der Waals surface area (Å²) in [6.45, 7) is 2.38. The Hall–Kier alpha value is -5.10. The number of amides is 1. The number of carboxylic acid groups (broad SMARTS) is 1. The number of thioether (sulfide) groups is 1. The maximum atomic E-state index is 13.2. The highest BCUT2D eigenvalue weighted by molar-refractivity contribution is 8.04. The fourth-order valence-corrected chi connectivity index (χ4v) is 5.46. The summed E-state index contributed by atoms with van der Waals surface area (Å²) in [5, 5.41) is 22.7. The second kappa shape index (κ2) is 12.8. The highest BCUT2D eigenvalue weighted by atomic mass is 32.2. The van der Waals surface area contributed by atoms with Crippen LogP contribution >= 0.6 is 11.8 Å². The number of hydrogen-bond acceptors (Lipinski definition) is 7. The molecule has 2 N–H and O–H groups in total. The zero-order chi connectivity index (χ0) is 30.5. The molecule has 10 nitrogen and oxygen atoms in total. The minimum Gasteiger partial charge on any atom is -0.497 e. The van der Waals surface area contributed by atoms with Gasteiger partial charge in [0.1, 0.15) is 28.8 Å². The minimum absolute atomic E-state index is 0.0236. The normalized spacial score (nSPS) is 11.5. The van der Waals surface area contributed by atoms with Gasteiger partial charge in [-0.15, -0.1) is 10.2 Å². The van der Waals surface area contributed by atoms with Gasteiger partial charge in [0.2, 0.25) is 5.91 Å². The number of nitrogens with zero attached hydrogens (tertiary/aromatic N) is 4. The number of nitrogens with one attached hydrogen (secondary N) is 1. The fourth-order valence-electron chi connectivity index (χ4n) is 4.58. The zero-order valence-electron chi connectivity index (χ0n) is 23.6. The Balaban J connectivity index is 1.46. The van der Waals surface area contributed by atoms with Gasteiger partial charge in [0.25, 0.3) is 0 Å². The molecule has 12 heteroatoms. The van der Waals surface area contributed by atoms with Crippen LogP contribution in [0.5, 0.6) is 11.5 Å². The molecule has 0 saturated carbocycles. The van der Waals surface area contributed by atoms with Crippen molar-refractivity contribution in [2.45, 2.75) is 25.2 Å². The van der Waals surface area contributed by atoms with E-state index in [2.05, 4.69) is 15.5 Å². The van der Waals surface area contributed by atoms with Gasteiger partial charge >= 0.3 is 5.97 Å². The van der Waals surface area contributed by atoms with Gasteiger partial charge < -0.3 is 29.0 Å². The van der Waals surface area contributed by atoms with Crippen LogP contribution in [0.4, 0.5) is 10.1 Å². The Morgan fingerprint density at radius 1 is 1.02 bits per heavy atom. The van der Waals surface area contributed by atoms with Gasteiger partial charge in [0.05, 0.1) is 14.2 Å². The molecule has 0 saturated heterocycles. The molecule has 5 aromatic rings. The van der Waals surface area contributed by atoms with Crippen LogP contribution in [0.1, 0.15) is 12.5 Å². The number of para-hydroxylation sites is 1. The molecule has 0 bridgehead atoms. The lowest BCUT2D eigenvalue weighted by molar-refractivity contribution is -0.131. The largest absolute Gasteiger partial charge is 0.497 e. The van der Waals surface area contributed by atoms with E-state index in [1.165, 1.54) is 24.3 Å². The van der Waals surface area contributed by atoms with Crippen molar-refractivity contribution in [1.29, 1.82) is 0 Å². The van der Waals surface area contributed by atoms with Crippen LogP contribution in [0.15, 0.2) is 83.0 Å². The number of hydrogen-bond donors (Lipinski definition) is 2. The van der Waals surface area contributed by atoms with E-state index in [4.69, 9.17) is 9.47 Å². The quantitative estimate of drug-likeness (QED) is 0.141. The second-order valence-electron chi connectivity index (χ2n) is 9.35. The molecule has 0 aliphatic heterocycles. The molecule has 2 heterocycles. The molecule has 0 spiro atoms. The van der Waals surface area contributed by atoms with Gasteiger partial charge in [-0.25, -0.2) is 9.18 Å². The molecule has 3 aromatic carbocycles. The number of methoxy groups -OCH3 is 2. The van der Waals surface area contributed by atoms with Crippen molar-refractivity contribution in [1.82, 2.24) is 19.3 Å². The van der Waals surface area contributed by atoms with Gasteiger partial charge in [0.15, 0.2) is 11.0 Å². The molecular weight excluding hydrogens is 573 g/mol. The molecule has 0 aliphatic carbocycles. The second-order valence-corrected chi connectivity index (χ2v) is 10.4. The van der Waals surface area contributed by atoms with Crippen LogP contribution in [-0.2, 0) is 22.7 Å². The summed E-state index contributed by atoms with van der Waals surface area (Å²) in [6.07, 6.45) is 3.30. The monoisotopic (exact) mass is 601 g/mol. The first-order valence-electron chi connectivity index (χ1n) is 13.2. The summed E-state index contributed by atoms with van der Waals surface area (Å²) in [6, 6.07) is 18.3. The maximum Gasteiger partial charge on any atom is 0.342 e. The standard InChI is InChI=1S/C31H28FN5O5S/c1-4-37-29(19-13-23(41-2)16-24(14-19)42-3)34-35-31(37)43-27(30(39)40)15-20-17-36(26-8-6-5-7-25(20)26)18-28(38)33-22-11-9-21(32)10-12-22/h5-17H,4,18H2,1-3H3,(H,33,38)(H,39,40)/b27-15-. The molecule has 0 aliphatic rings. The smallest absolute Gasteiger partial charge is 0.342 e. The Labute approximate surface area is 250 Å². The third-order valence-electron chi connectivity index (χ3n) is 6.60. The molecule has 0 unspecified atom stereocenters. The van der Waals surface area contributed by atoms with Crippen LogP contribution in [0, 0.1) is 5.82 Å². The van der Waals surface area contributed by atoms with Crippen LogP contribution in [0.2, 0.25) is 0 Å². The van der Waals surface area contributed by atoms with E-state index < -0.39 is 11.8 Å². The Morgan fingerprint density at radius 2 is 1.72 bits per heavy atom. The highest BCUT2D eigenvalue weighted by Gasteiger charge is 2.20. The number of aliphatic carboxylic acids is 1. The van der Waals surface area contributed by atoms with E-state index in [1.54, 1.807) is 37.1 Å². The average Bonchev–Trinajstić information content (AvgIpc) is 3.58. The van der Waals surface area contributed by atoms with Gasteiger partial charge in [0, 0.05) is 46.5 Å². The number of carbonyl (C=O) groups is 2. The van der Waals surface area contributed by atoms with Gasteiger partial charge in [-0.1, -0.05) is 18.2 Å². The lowest BCUT2D eigenvalue weighted by Gasteiger charge is -2.10. The zero-order valence-corrected chi connectivity index (χ0v) is 24.4. The van der Waals surface area contributed by atoms with E-state index >= 15 is 0 Å². The number of carboxylic acids is 1. The van der Waals surface area contributed by atoms with E-state index in [9.17, 15) is 19.1 Å². The fraction of sp³-hybridized carbons (Fsp3) is 0.161. The van der Waals surface area contributed by atoms with Crippen LogP contribution in [-0.4, -0.2) is 50.5 Å². The van der Waals surface area contributed by atoms with Crippen LogP contribution in [0.3, 0.4) is 0 Å². The number of anilines is 1. The first-order chi connectivity index (χ1) is 20.8. The molecule has 2 aromatic heterocycles. The molecule has 5 rings (SSSR count). The molecule has 1 amide bonds. The third kappa shape index (κ3) is 6.54. The van der Waals surface area contributed by atoms with Crippen molar-refractivity contribution in [3.8, 4) is 22.9 Å². The lowest BCUT2D eigenvalue weighted by atomic mass is 10.1. The summed E-state index contributed by atoms with van der Waals surface area (Å²) in [7, 11) is 3.12. The van der Waals surface area contributed by atoms with Crippen LogP contribution < -0.4 is 14.8 Å². The van der Waals surface area contributed by atoms with Crippen LogP contribution in [0.25, 0.3) is 28.4 Å². The maximum absolute atomic E-state index is 13.2. The van der Waals surface area contributed by atoms with Crippen molar-refractivity contribution >= 4 is 46.3 Å². The summed E-state index contributed by atoms with van der Waals surface area (Å²) in [5.41, 5.74) is 2.55. The van der Waals surface area contributed by atoms with Gasteiger partial charge in [-0.2, -0.15) is 0 Å². The summed E-state index contributed by atoms with van der Waals surface area (Å²) >= 11 is 0.982. The number of halogens is 1. The predicted octanol–water partition coefficient (Wildman–Crippen LogP) is 5.93. The number of rotatable bonds is 11. The van der Waals surface area contributed by atoms with E-state index in [0.29, 0.717) is 45.8 Å². The van der Waals surface area contributed by atoms with Gasteiger partial charge in [-0.05, 0) is 67.2 Å². The molecular formula is C31H28FN5O5S. The van der Waals surface area contributed by atoms with Crippen molar-refractivity contribution in [2.24, 2.45) is 0 Å². The number of ether oxygens (including phenoxy) is 2. The van der Waals surface area contributed by atoms with Gasteiger partial charge in [-0.3, -0.25) is 4.79 Å². The third-order valence-corrected chi connectivity index (χ3v) is 7.60. The number of fused-ring (bicyclic) bond motifs is 1. The summed E-state index contributed by atoms with van der Waals surface area (Å²) < 4.78 is 27.6. The molecule has 0 radical (unpaired) electrons. The van der Waals surface area contributed by atoms with E-state index in [0.717, 1.165) is 22.7 Å². The Morgan fingerprint density at radius 3 is 2.37 bits per heavy atom. The lowest BCUT2D eigenvalue weighted by Crippen LogP contribution is -2.18. The van der Waals surface area contributed by atoms with E-state index in [1.807, 2.05) is 47.9 Å². The first-order valence-corrected chi connectivity index (χ1v) is 14.0. The molecule has 220 valence electrons. The summed E-state index contributed by atoms with van der Waals surface area (Å²) in [4.78, 5) is 25.2. The van der Waals surface area contributed by atoms with Crippen molar-refractivity contribution in [2.75, 3.05) is 19.5 Å². The summed E-state index contributed by atoms with van der Waals surface area (Å²) in [5.74, 6) is -0.131. The minimum atomic E-state index is -1.13. The SMILES string of the molecule is CCn1c(S/C(=C\c2cn(CC(=O)Nc3ccc(F)cc3)c3ccccc23)C(=O)O)nnc1-c1cc(OC)cc(OC)c1. The number of benzene rings is 3. The predicted molar refractivity (Wildman–Crippen MR) is 163 cm³/mol. The first kappa shape index (κ1) is 29.4. The van der Waals surface area contributed by atoms with Crippen molar-refractivity contribution < 1.29 is 28.6 Å².